The number of nitrogens with two attached hydrogens (primary N) is 1. The molecule has 110 valence electrons. The highest BCUT2D eigenvalue weighted by Crippen LogP contribution is 2.35. The Morgan fingerprint density at radius 2 is 2.15 bits per heavy atom. The maximum atomic E-state index is 11.9. The predicted molar refractivity (Wildman–Crippen MR) is 83.2 cm³/mol. The summed E-state index contributed by atoms with van der Waals surface area (Å²) in [5.41, 5.74) is 6.43. The van der Waals surface area contributed by atoms with E-state index in [9.17, 15) is 4.79 Å². The topological polar surface area (TPSA) is 59.2 Å². The van der Waals surface area contributed by atoms with Crippen molar-refractivity contribution in [3.63, 3.8) is 0 Å². The van der Waals surface area contributed by atoms with Crippen LogP contribution in [0.4, 0.5) is 0 Å². The molecule has 0 bridgehead atoms. The fourth-order valence-corrected chi connectivity index (χ4v) is 3.24. The smallest absolute Gasteiger partial charge is 0.223 e. The molecule has 1 saturated heterocycles. The van der Waals surface area contributed by atoms with Gasteiger partial charge in [-0.1, -0.05) is 6.07 Å². The van der Waals surface area contributed by atoms with E-state index in [2.05, 4.69) is 32.9 Å². The zero-order chi connectivity index (χ0) is 14.6. The molecule has 0 aliphatic carbocycles. The number of pyridine rings is 1. The normalized spacial score (nSPS) is 18.9. The second-order valence-electron chi connectivity index (χ2n) is 5.75. The summed E-state index contributed by atoms with van der Waals surface area (Å²) in [4.78, 5) is 18.5. The molecule has 0 aromatic carbocycles. The molecule has 0 unspecified atom stereocenters. The van der Waals surface area contributed by atoms with Gasteiger partial charge in [0.1, 0.15) is 4.60 Å². The van der Waals surface area contributed by atoms with E-state index in [1.807, 2.05) is 18.2 Å². The molecule has 2 N–H and O–H groups in total. The van der Waals surface area contributed by atoms with E-state index < -0.39 is 0 Å². The Balaban J connectivity index is 1.91. The molecule has 1 amide bonds. The van der Waals surface area contributed by atoms with Crippen LogP contribution < -0.4 is 5.73 Å². The average Bonchev–Trinajstić information content (AvgIpc) is 2.41. The van der Waals surface area contributed by atoms with Gasteiger partial charge >= 0.3 is 0 Å². The van der Waals surface area contributed by atoms with Crippen LogP contribution in [0.15, 0.2) is 22.8 Å². The molecular weight excluding hydrogens is 318 g/mol. The third-order valence-electron chi connectivity index (χ3n) is 4.33. The lowest BCUT2D eigenvalue weighted by Crippen LogP contribution is -2.46. The van der Waals surface area contributed by atoms with Crippen molar-refractivity contribution in [2.75, 3.05) is 20.1 Å². The number of hydrogen-bond donors (Lipinski definition) is 1. The Bertz CT molecular complexity index is 470. The Labute approximate surface area is 128 Å². The van der Waals surface area contributed by atoms with Crippen molar-refractivity contribution in [2.24, 2.45) is 11.1 Å². The first-order chi connectivity index (χ1) is 9.52. The summed E-state index contributed by atoms with van der Waals surface area (Å²) in [5, 5.41) is 0. The van der Waals surface area contributed by atoms with Gasteiger partial charge in [-0.15, -0.1) is 0 Å². The third-order valence-corrected chi connectivity index (χ3v) is 4.77. The van der Waals surface area contributed by atoms with Crippen LogP contribution in [0.25, 0.3) is 0 Å². The van der Waals surface area contributed by atoms with Gasteiger partial charge < -0.3 is 10.6 Å². The first kappa shape index (κ1) is 15.4. The third kappa shape index (κ3) is 3.79. The standard InChI is InChI=1S/C15H22BrN3O/c1-19-10-8-15(9-11-19,14(17)20)7-3-5-12-4-2-6-13(16)18-12/h2,4,6H,3,5,7-11H2,1H3,(H2,17,20). The molecule has 0 atom stereocenters. The summed E-state index contributed by atoms with van der Waals surface area (Å²) in [6.07, 6.45) is 4.47. The number of primary amides is 1. The van der Waals surface area contributed by atoms with E-state index in [-0.39, 0.29) is 11.3 Å². The highest BCUT2D eigenvalue weighted by atomic mass is 79.9. The van der Waals surface area contributed by atoms with Gasteiger partial charge in [0.2, 0.25) is 5.91 Å². The molecule has 5 heteroatoms. The SMILES string of the molecule is CN1CCC(CCCc2cccc(Br)n2)(C(N)=O)CC1. The van der Waals surface area contributed by atoms with E-state index in [1.165, 1.54) is 0 Å². The number of halogens is 1. The second kappa shape index (κ2) is 6.68. The van der Waals surface area contributed by atoms with Crippen molar-refractivity contribution in [1.29, 1.82) is 0 Å². The highest BCUT2D eigenvalue weighted by Gasteiger charge is 2.38. The number of carbonyl (C=O) groups is 1. The van der Waals surface area contributed by atoms with Crippen LogP contribution in [0.5, 0.6) is 0 Å². The number of aromatic nitrogens is 1. The van der Waals surface area contributed by atoms with Gasteiger partial charge in [-0.25, -0.2) is 4.98 Å². The Hall–Kier alpha value is -0.940. The number of carbonyl (C=O) groups excluding carboxylic acids is 1. The van der Waals surface area contributed by atoms with Crippen molar-refractivity contribution in [2.45, 2.75) is 32.1 Å². The summed E-state index contributed by atoms with van der Waals surface area (Å²) < 4.78 is 0.860. The minimum Gasteiger partial charge on any atom is -0.369 e. The number of nitrogens with zero attached hydrogens (tertiary/aromatic N) is 2. The minimum absolute atomic E-state index is 0.132. The quantitative estimate of drug-likeness (QED) is 0.837. The largest absolute Gasteiger partial charge is 0.369 e. The van der Waals surface area contributed by atoms with E-state index in [4.69, 9.17) is 5.73 Å². The Kier molecular flexibility index (Phi) is 5.16. The molecule has 1 fully saturated rings. The molecule has 20 heavy (non-hydrogen) atoms. The molecule has 1 aromatic rings. The number of likely N-dealkylation sites (tertiary alicyclic amines) is 1. The van der Waals surface area contributed by atoms with Crippen LogP contribution in [0.1, 0.15) is 31.4 Å². The van der Waals surface area contributed by atoms with Crippen LogP contribution in [0.3, 0.4) is 0 Å². The van der Waals surface area contributed by atoms with Gasteiger partial charge in [0.15, 0.2) is 0 Å². The summed E-state index contributed by atoms with van der Waals surface area (Å²) in [5.74, 6) is -0.132. The van der Waals surface area contributed by atoms with Crippen molar-refractivity contribution in [3.05, 3.63) is 28.5 Å². The lowest BCUT2D eigenvalue weighted by molar-refractivity contribution is -0.130. The number of piperidine rings is 1. The fourth-order valence-electron chi connectivity index (χ4n) is 2.86. The maximum absolute atomic E-state index is 11.9. The van der Waals surface area contributed by atoms with Crippen LogP contribution in [-0.4, -0.2) is 35.9 Å². The molecule has 1 aliphatic rings. The van der Waals surface area contributed by atoms with E-state index >= 15 is 0 Å². The predicted octanol–water partition coefficient (Wildman–Crippen LogP) is 2.36. The van der Waals surface area contributed by atoms with Crippen LogP contribution in [-0.2, 0) is 11.2 Å². The molecule has 0 radical (unpaired) electrons. The van der Waals surface area contributed by atoms with E-state index in [0.29, 0.717) is 0 Å². The number of hydrogen-bond acceptors (Lipinski definition) is 3. The van der Waals surface area contributed by atoms with Gasteiger partial charge in [0.25, 0.3) is 0 Å². The molecule has 0 spiro atoms. The zero-order valence-corrected chi connectivity index (χ0v) is 13.5. The van der Waals surface area contributed by atoms with Gasteiger partial charge in [0.05, 0.1) is 5.41 Å². The van der Waals surface area contributed by atoms with E-state index in [0.717, 1.165) is 55.5 Å². The maximum Gasteiger partial charge on any atom is 0.223 e. The van der Waals surface area contributed by atoms with Crippen LogP contribution >= 0.6 is 15.9 Å². The summed E-state index contributed by atoms with van der Waals surface area (Å²) >= 11 is 3.38. The number of aryl methyl sites for hydroxylation is 1. The summed E-state index contributed by atoms with van der Waals surface area (Å²) in [7, 11) is 2.09. The summed E-state index contributed by atoms with van der Waals surface area (Å²) in [6.45, 7) is 1.91. The molecule has 2 rings (SSSR count). The number of amides is 1. The van der Waals surface area contributed by atoms with Crippen molar-refractivity contribution >= 4 is 21.8 Å². The monoisotopic (exact) mass is 339 g/mol. The number of rotatable bonds is 5. The fraction of sp³-hybridized carbons (Fsp3) is 0.600. The molecular formula is C15H22BrN3O. The molecule has 4 nitrogen and oxygen atoms in total. The first-order valence-electron chi connectivity index (χ1n) is 7.12. The van der Waals surface area contributed by atoms with Crippen molar-refractivity contribution in [1.82, 2.24) is 9.88 Å². The van der Waals surface area contributed by atoms with Crippen LogP contribution in [0.2, 0.25) is 0 Å². The first-order valence-corrected chi connectivity index (χ1v) is 7.91. The zero-order valence-electron chi connectivity index (χ0n) is 11.9. The van der Waals surface area contributed by atoms with Gasteiger partial charge in [-0.05, 0) is 80.3 Å². The Morgan fingerprint density at radius 3 is 2.75 bits per heavy atom. The Morgan fingerprint density at radius 1 is 1.45 bits per heavy atom. The molecule has 2 heterocycles. The van der Waals surface area contributed by atoms with Crippen molar-refractivity contribution in [3.8, 4) is 0 Å². The van der Waals surface area contributed by atoms with Crippen LogP contribution in [0, 0.1) is 5.41 Å². The van der Waals surface area contributed by atoms with Gasteiger partial charge in [-0.3, -0.25) is 4.79 Å². The lowest BCUT2D eigenvalue weighted by Gasteiger charge is -2.38. The second-order valence-corrected chi connectivity index (χ2v) is 6.57. The molecule has 0 saturated carbocycles. The average molecular weight is 340 g/mol. The van der Waals surface area contributed by atoms with Gasteiger partial charge in [-0.2, -0.15) is 0 Å². The lowest BCUT2D eigenvalue weighted by atomic mass is 9.74. The van der Waals surface area contributed by atoms with Crippen molar-refractivity contribution < 1.29 is 4.79 Å². The van der Waals surface area contributed by atoms with Gasteiger partial charge in [0, 0.05) is 5.69 Å². The molecule has 1 aliphatic heterocycles. The molecule has 1 aromatic heterocycles. The minimum atomic E-state index is -0.307. The summed E-state index contributed by atoms with van der Waals surface area (Å²) in [6, 6.07) is 5.94. The van der Waals surface area contributed by atoms with E-state index in [1.54, 1.807) is 0 Å². The highest BCUT2D eigenvalue weighted by molar-refractivity contribution is 9.10.